The fourth-order valence-corrected chi connectivity index (χ4v) is 2.74. The van der Waals surface area contributed by atoms with Gasteiger partial charge in [-0.2, -0.15) is 0 Å². The maximum Gasteiger partial charge on any atom is 0.248 e. The number of nitrogens with zero attached hydrogens (tertiary/aromatic N) is 1. The zero-order chi connectivity index (χ0) is 14.2. The summed E-state index contributed by atoms with van der Waals surface area (Å²) in [5, 5.41) is 7.27. The minimum atomic E-state index is -0.291. The maximum atomic E-state index is 12.2. The van der Waals surface area contributed by atoms with Crippen molar-refractivity contribution >= 4 is 28.3 Å². The number of carbonyl (C=O) groups excluding carboxylic acids is 1. The molecule has 0 aliphatic carbocycles. The Kier molecular flexibility index (Phi) is 2.64. The lowest BCUT2D eigenvalue weighted by atomic mass is 10.0. The van der Waals surface area contributed by atoms with Crippen molar-refractivity contribution in [1.29, 1.82) is 0 Å². The van der Waals surface area contributed by atoms with Gasteiger partial charge >= 0.3 is 0 Å². The lowest BCUT2D eigenvalue weighted by Crippen LogP contribution is -2.40. The molecule has 0 spiro atoms. The number of carbonyl (C=O) groups is 1. The summed E-state index contributed by atoms with van der Waals surface area (Å²) in [6.45, 7) is 0. The fraction of sp³-hybridized carbons (Fsp3) is 0.125. The molecule has 0 saturated heterocycles. The Morgan fingerprint density at radius 3 is 3.00 bits per heavy atom. The number of anilines is 2. The molecule has 21 heavy (non-hydrogen) atoms. The minimum Gasteiger partial charge on any atom is -0.370 e. The van der Waals surface area contributed by atoms with Gasteiger partial charge in [-0.1, -0.05) is 18.2 Å². The monoisotopic (exact) mass is 278 g/mol. The predicted octanol–water partition coefficient (Wildman–Crippen LogP) is 2.54. The second-order valence-electron chi connectivity index (χ2n) is 5.15. The second kappa shape index (κ2) is 4.63. The van der Waals surface area contributed by atoms with Gasteiger partial charge in [0.25, 0.3) is 0 Å². The van der Waals surface area contributed by atoms with E-state index in [1.165, 1.54) is 0 Å². The highest BCUT2D eigenvalue weighted by Gasteiger charge is 2.26. The van der Waals surface area contributed by atoms with E-state index in [2.05, 4.69) is 26.7 Å². The molecule has 5 nitrogen and oxygen atoms in total. The zero-order valence-corrected chi connectivity index (χ0v) is 11.3. The highest BCUT2D eigenvalue weighted by Crippen LogP contribution is 2.26. The Labute approximate surface area is 121 Å². The quantitative estimate of drug-likeness (QED) is 0.674. The van der Waals surface area contributed by atoms with E-state index < -0.39 is 0 Å². The van der Waals surface area contributed by atoms with Crippen molar-refractivity contribution in [2.24, 2.45) is 0 Å². The summed E-state index contributed by atoms with van der Waals surface area (Å²) in [6, 6.07) is 11.6. The molecule has 104 valence electrons. The van der Waals surface area contributed by atoms with E-state index in [0.717, 1.165) is 22.2 Å². The van der Waals surface area contributed by atoms with Gasteiger partial charge in [-0.15, -0.1) is 0 Å². The molecule has 3 heterocycles. The average Bonchev–Trinajstić information content (AvgIpc) is 2.91. The van der Waals surface area contributed by atoms with Crippen LogP contribution in [0.2, 0.25) is 0 Å². The van der Waals surface area contributed by atoms with Crippen LogP contribution < -0.4 is 10.6 Å². The van der Waals surface area contributed by atoms with Crippen molar-refractivity contribution in [3.05, 3.63) is 54.4 Å². The number of aromatic nitrogens is 2. The molecule has 3 aromatic rings. The van der Waals surface area contributed by atoms with Crippen LogP contribution in [0.25, 0.3) is 10.9 Å². The van der Waals surface area contributed by atoms with Crippen LogP contribution in [0.3, 0.4) is 0 Å². The number of amides is 1. The molecule has 1 aliphatic rings. The van der Waals surface area contributed by atoms with Gasteiger partial charge < -0.3 is 15.6 Å². The molecule has 0 fully saturated rings. The molecule has 0 bridgehead atoms. The Morgan fingerprint density at radius 2 is 2.05 bits per heavy atom. The molecule has 1 aliphatic heterocycles. The topological polar surface area (TPSA) is 69.8 Å². The normalized spacial score (nSPS) is 17.1. The van der Waals surface area contributed by atoms with E-state index in [4.69, 9.17) is 0 Å². The SMILES string of the molecule is O=C1Nc2ncccc2N[C@H]1Cc1c[nH]c2ccccc12. The largest absolute Gasteiger partial charge is 0.370 e. The molecule has 1 amide bonds. The van der Waals surface area contributed by atoms with Crippen molar-refractivity contribution < 1.29 is 4.79 Å². The zero-order valence-electron chi connectivity index (χ0n) is 11.3. The number of rotatable bonds is 2. The summed E-state index contributed by atoms with van der Waals surface area (Å²) in [7, 11) is 0. The van der Waals surface area contributed by atoms with Crippen LogP contribution in [-0.2, 0) is 11.2 Å². The Morgan fingerprint density at radius 1 is 1.14 bits per heavy atom. The van der Waals surface area contributed by atoms with Gasteiger partial charge in [0.2, 0.25) is 5.91 Å². The van der Waals surface area contributed by atoms with Crippen LogP contribution in [0, 0.1) is 0 Å². The first kappa shape index (κ1) is 12.0. The molecular formula is C16H14N4O. The first-order valence-electron chi connectivity index (χ1n) is 6.89. The van der Waals surface area contributed by atoms with Crippen LogP contribution in [0.1, 0.15) is 5.56 Å². The van der Waals surface area contributed by atoms with Crippen molar-refractivity contribution in [2.45, 2.75) is 12.5 Å². The highest BCUT2D eigenvalue weighted by atomic mass is 16.2. The molecule has 0 unspecified atom stereocenters. The predicted molar refractivity (Wildman–Crippen MR) is 82.3 cm³/mol. The van der Waals surface area contributed by atoms with Crippen molar-refractivity contribution in [1.82, 2.24) is 9.97 Å². The molecule has 5 heteroatoms. The van der Waals surface area contributed by atoms with E-state index in [0.29, 0.717) is 12.2 Å². The van der Waals surface area contributed by atoms with E-state index >= 15 is 0 Å². The van der Waals surface area contributed by atoms with Gasteiger partial charge in [0.15, 0.2) is 5.82 Å². The Bertz CT molecular complexity index is 824. The number of hydrogen-bond acceptors (Lipinski definition) is 3. The molecule has 2 aromatic heterocycles. The first-order valence-corrected chi connectivity index (χ1v) is 6.89. The van der Waals surface area contributed by atoms with Gasteiger partial charge in [-0.3, -0.25) is 4.79 Å². The molecule has 3 N–H and O–H groups in total. The van der Waals surface area contributed by atoms with Gasteiger partial charge in [-0.05, 0) is 23.8 Å². The number of fused-ring (bicyclic) bond motifs is 2. The molecular weight excluding hydrogens is 264 g/mol. The van der Waals surface area contributed by atoms with E-state index in [1.807, 2.05) is 36.5 Å². The number of H-pyrrole nitrogens is 1. The van der Waals surface area contributed by atoms with Gasteiger partial charge in [0.1, 0.15) is 6.04 Å². The second-order valence-corrected chi connectivity index (χ2v) is 5.15. The van der Waals surface area contributed by atoms with Crippen LogP contribution in [-0.4, -0.2) is 21.9 Å². The lowest BCUT2D eigenvalue weighted by molar-refractivity contribution is -0.117. The number of pyridine rings is 1. The minimum absolute atomic E-state index is 0.0496. The molecule has 1 atom stereocenters. The maximum absolute atomic E-state index is 12.2. The van der Waals surface area contributed by atoms with Crippen LogP contribution in [0.4, 0.5) is 11.5 Å². The number of para-hydroxylation sites is 1. The summed E-state index contributed by atoms with van der Waals surface area (Å²) >= 11 is 0. The number of nitrogens with one attached hydrogen (secondary N) is 3. The van der Waals surface area contributed by atoms with Gasteiger partial charge in [-0.25, -0.2) is 4.98 Å². The van der Waals surface area contributed by atoms with E-state index in [1.54, 1.807) is 6.20 Å². The van der Waals surface area contributed by atoms with Crippen molar-refractivity contribution in [3.8, 4) is 0 Å². The Balaban J connectivity index is 1.64. The molecule has 1 aromatic carbocycles. The van der Waals surface area contributed by atoms with Crippen LogP contribution in [0.5, 0.6) is 0 Å². The summed E-state index contributed by atoms with van der Waals surface area (Å²) in [5.74, 6) is 0.546. The average molecular weight is 278 g/mol. The van der Waals surface area contributed by atoms with E-state index in [9.17, 15) is 4.79 Å². The molecule has 0 saturated carbocycles. The Hall–Kier alpha value is -2.82. The van der Waals surface area contributed by atoms with Crippen LogP contribution >= 0.6 is 0 Å². The standard InChI is InChI=1S/C16H14N4O/c21-16-14(19-13-6-3-7-17-15(13)20-16)8-10-9-18-12-5-2-1-4-11(10)12/h1-7,9,14,18-19H,8H2,(H,17,20,21)/t14-/m0/s1. The third-order valence-corrected chi connectivity index (χ3v) is 3.79. The highest BCUT2D eigenvalue weighted by molar-refractivity contribution is 6.02. The summed E-state index contributed by atoms with van der Waals surface area (Å²) in [6.07, 6.45) is 4.27. The number of aromatic amines is 1. The van der Waals surface area contributed by atoms with Crippen molar-refractivity contribution in [3.63, 3.8) is 0 Å². The third-order valence-electron chi connectivity index (χ3n) is 3.79. The summed E-state index contributed by atoms with van der Waals surface area (Å²) in [5.41, 5.74) is 3.08. The fourth-order valence-electron chi connectivity index (χ4n) is 2.74. The van der Waals surface area contributed by atoms with E-state index in [-0.39, 0.29) is 11.9 Å². The van der Waals surface area contributed by atoms with Gasteiger partial charge in [0, 0.05) is 29.7 Å². The number of hydrogen-bond donors (Lipinski definition) is 3. The van der Waals surface area contributed by atoms with Crippen molar-refractivity contribution in [2.75, 3.05) is 10.6 Å². The summed E-state index contributed by atoms with van der Waals surface area (Å²) < 4.78 is 0. The first-order chi connectivity index (χ1) is 10.3. The lowest BCUT2D eigenvalue weighted by Gasteiger charge is -2.25. The van der Waals surface area contributed by atoms with Gasteiger partial charge in [0.05, 0.1) is 5.69 Å². The third kappa shape index (κ3) is 2.03. The summed E-state index contributed by atoms with van der Waals surface area (Å²) in [4.78, 5) is 19.6. The van der Waals surface area contributed by atoms with Crippen LogP contribution in [0.15, 0.2) is 48.8 Å². The number of benzene rings is 1. The smallest absolute Gasteiger partial charge is 0.248 e. The molecule has 0 radical (unpaired) electrons. The molecule has 4 rings (SSSR count).